The average molecular weight is 424 g/mol. The summed E-state index contributed by atoms with van der Waals surface area (Å²) in [4.78, 5) is 18.7. The topological polar surface area (TPSA) is 46.8 Å². The highest BCUT2D eigenvalue weighted by atomic mass is 35.5. The Morgan fingerprint density at radius 3 is 2.80 bits per heavy atom. The predicted octanol–water partition coefficient (Wildman–Crippen LogP) is 4.98. The largest absolute Gasteiger partial charge is 0.487 e. The van der Waals surface area contributed by atoms with Crippen molar-refractivity contribution in [3.8, 4) is 5.75 Å². The minimum absolute atomic E-state index is 0.0661. The van der Waals surface area contributed by atoms with E-state index in [2.05, 4.69) is 4.98 Å². The van der Waals surface area contributed by atoms with Gasteiger partial charge in [0.15, 0.2) is 0 Å². The Bertz CT molecular complexity index is 1150. The van der Waals surface area contributed by atoms with Crippen LogP contribution < -0.4 is 4.74 Å². The highest BCUT2D eigenvalue weighted by Crippen LogP contribution is 2.22. The summed E-state index contributed by atoms with van der Waals surface area (Å²) >= 11 is 6.07. The monoisotopic (exact) mass is 423 g/mol. The molecule has 5 nitrogen and oxygen atoms in total. The quantitative estimate of drug-likeness (QED) is 0.439. The molecule has 0 spiro atoms. The standard InChI is InChI=1S/C23H19ClFN3O2/c1-27(14-19-20(24)8-5-9-21(19)25)23(29)16-6-4-7-18(12-16)30-15-17-13-28-11-3-2-10-22(28)26-17/h2-13H,14-15H2,1H3. The number of hydrogen-bond acceptors (Lipinski definition) is 3. The molecule has 7 heteroatoms. The van der Waals surface area contributed by atoms with E-state index in [1.807, 2.05) is 35.0 Å². The lowest BCUT2D eigenvalue weighted by Crippen LogP contribution is -2.26. The number of imidazole rings is 1. The maximum Gasteiger partial charge on any atom is 0.254 e. The van der Waals surface area contributed by atoms with Crippen LogP contribution >= 0.6 is 11.6 Å². The van der Waals surface area contributed by atoms with E-state index in [-0.39, 0.29) is 24.6 Å². The van der Waals surface area contributed by atoms with Crippen molar-refractivity contribution in [2.45, 2.75) is 13.2 Å². The zero-order chi connectivity index (χ0) is 21.1. The van der Waals surface area contributed by atoms with Gasteiger partial charge in [0.2, 0.25) is 0 Å². The summed E-state index contributed by atoms with van der Waals surface area (Å²) in [6.45, 7) is 0.344. The molecule has 4 rings (SSSR count). The molecule has 0 saturated carbocycles. The molecule has 0 saturated heterocycles. The normalized spacial score (nSPS) is 10.9. The Hall–Kier alpha value is -3.38. The van der Waals surface area contributed by atoms with Crippen molar-refractivity contribution in [2.75, 3.05) is 7.05 Å². The van der Waals surface area contributed by atoms with Crippen molar-refractivity contribution in [1.82, 2.24) is 14.3 Å². The number of benzene rings is 2. The molecule has 4 aromatic rings. The Balaban J connectivity index is 1.44. The van der Waals surface area contributed by atoms with Crippen LogP contribution in [-0.2, 0) is 13.2 Å². The van der Waals surface area contributed by atoms with E-state index < -0.39 is 5.82 Å². The molecule has 0 atom stereocenters. The maximum absolute atomic E-state index is 14.0. The molecule has 152 valence electrons. The Kier molecular flexibility index (Phi) is 5.68. The molecule has 0 aliphatic carbocycles. The van der Waals surface area contributed by atoms with Gasteiger partial charge in [0, 0.05) is 42.1 Å². The molecular formula is C23H19ClFN3O2. The van der Waals surface area contributed by atoms with E-state index in [0.29, 0.717) is 16.3 Å². The van der Waals surface area contributed by atoms with Crippen LogP contribution in [0.5, 0.6) is 5.75 Å². The smallest absolute Gasteiger partial charge is 0.254 e. The SMILES string of the molecule is CN(Cc1c(F)cccc1Cl)C(=O)c1cccc(OCc2cn3ccccc3n2)c1. The van der Waals surface area contributed by atoms with Crippen LogP contribution in [0, 0.1) is 5.82 Å². The number of rotatable bonds is 6. The predicted molar refractivity (Wildman–Crippen MR) is 113 cm³/mol. The molecule has 0 N–H and O–H groups in total. The highest BCUT2D eigenvalue weighted by molar-refractivity contribution is 6.31. The van der Waals surface area contributed by atoms with E-state index in [4.69, 9.17) is 16.3 Å². The number of ether oxygens (including phenoxy) is 1. The van der Waals surface area contributed by atoms with Crippen molar-refractivity contribution in [2.24, 2.45) is 0 Å². The van der Waals surface area contributed by atoms with Crippen LogP contribution in [0.4, 0.5) is 4.39 Å². The van der Waals surface area contributed by atoms with Gasteiger partial charge >= 0.3 is 0 Å². The zero-order valence-corrected chi connectivity index (χ0v) is 17.0. The van der Waals surface area contributed by atoms with Crippen LogP contribution in [0.1, 0.15) is 21.6 Å². The van der Waals surface area contributed by atoms with Crippen molar-refractivity contribution in [3.05, 3.63) is 101 Å². The third-order valence-electron chi connectivity index (χ3n) is 4.69. The van der Waals surface area contributed by atoms with Gasteiger partial charge in [0.1, 0.15) is 23.8 Å². The molecule has 2 aromatic carbocycles. The van der Waals surface area contributed by atoms with E-state index in [9.17, 15) is 9.18 Å². The third kappa shape index (κ3) is 4.28. The van der Waals surface area contributed by atoms with Gasteiger partial charge in [-0.3, -0.25) is 4.79 Å². The van der Waals surface area contributed by atoms with Crippen LogP contribution in [0.15, 0.2) is 73.1 Å². The molecule has 1 amide bonds. The van der Waals surface area contributed by atoms with Gasteiger partial charge in [-0.1, -0.05) is 29.8 Å². The Morgan fingerprint density at radius 2 is 2.00 bits per heavy atom. The fourth-order valence-corrected chi connectivity index (χ4v) is 3.37. The van der Waals surface area contributed by atoms with Crippen LogP contribution in [0.2, 0.25) is 5.02 Å². The molecule has 0 aliphatic rings. The van der Waals surface area contributed by atoms with E-state index >= 15 is 0 Å². The third-order valence-corrected chi connectivity index (χ3v) is 5.04. The lowest BCUT2D eigenvalue weighted by molar-refractivity contribution is 0.0783. The van der Waals surface area contributed by atoms with E-state index in [1.165, 1.54) is 17.0 Å². The van der Waals surface area contributed by atoms with E-state index in [0.717, 1.165) is 11.3 Å². The molecule has 0 bridgehead atoms. The van der Waals surface area contributed by atoms with Gasteiger partial charge in [0.25, 0.3) is 5.91 Å². The van der Waals surface area contributed by atoms with Gasteiger partial charge in [-0.25, -0.2) is 9.37 Å². The number of carbonyl (C=O) groups excluding carboxylic acids is 1. The Labute approximate surface area is 178 Å². The van der Waals surface area contributed by atoms with Crippen molar-refractivity contribution in [3.63, 3.8) is 0 Å². The van der Waals surface area contributed by atoms with Gasteiger partial charge in [0.05, 0.1) is 5.69 Å². The van der Waals surface area contributed by atoms with Crippen molar-refractivity contribution in [1.29, 1.82) is 0 Å². The summed E-state index contributed by atoms with van der Waals surface area (Å²) in [7, 11) is 1.61. The first-order chi connectivity index (χ1) is 14.5. The minimum Gasteiger partial charge on any atom is -0.487 e. The molecule has 0 fully saturated rings. The molecule has 2 aromatic heterocycles. The number of amides is 1. The number of aromatic nitrogens is 2. The number of halogens is 2. The molecule has 30 heavy (non-hydrogen) atoms. The lowest BCUT2D eigenvalue weighted by Gasteiger charge is -2.19. The second-order valence-electron chi connectivity index (χ2n) is 6.88. The minimum atomic E-state index is -0.438. The fraction of sp³-hybridized carbons (Fsp3) is 0.130. The summed E-state index contributed by atoms with van der Waals surface area (Å²) < 4.78 is 21.8. The summed E-state index contributed by atoms with van der Waals surface area (Å²) in [5.74, 6) is -0.144. The van der Waals surface area contributed by atoms with E-state index in [1.54, 1.807) is 37.4 Å². The second kappa shape index (κ2) is 8.55. The van der Waals surface area contributed by atoms with Crippen molar-refractivity contribution >= 4 is 23.2 Å². The number of carbonyl (C=O) groups is 1. The van der Waals surface area contributed by atoms with Gasteiger partial charge in [-0.2, -0.15) is 0 Å². The average Bonchev–Trinajstić information content (AvgIpc) is 3.17. The van der Waals surface area contributed by atoms with Gasteiger partial charge in [-0.15, -0.1) is 0 Å². The zero-order valence-electron chi connectivity index (χ0n) is 16.3. The first-order valence-corrected chi connectivity index (χ1v) is 9.73. The summed E-state index contributed by atoms with van der Waals surface area (Å²) in [5.41, 5.74) is 2.35. The molecule has 2 heterocycles. The number of pyridine rings is 1. The lowest BCUT2D eigenvalue weighted by atomic mass is 10.1. The summed E-state index contributed by atoms with van der Waals surface area (Å²) in [6, 6.07) is 17.1. The fourth-order valence-electron chi connectivity index (χ4n) is 3.15. The molecule has 0 unspecified atom stereocenters. The maximum atomic E-state index is 14.0. The number of hydrogen-bond donors (Lipinski definition) is 0. The Morgan fingerprint density at radius 1 is 1.17 bits per heavy atom. The molecular weight excluding hydrogens is 405 g/mol. The van der Waals surface area contributed by atoms with Gasteiger partial charge in [-0.05, 0) is 42.5 Å². The number of fused-ring (bicyclic) bond motifs is 1. The second-order valence-corrected chi connectivity index (χ2v) is 7.28. The first-order valence-electron chi connectivity index (χ1n) is 9.35. The van der Waals surface area contributed by atoms with Crippen LogP contribution in [0.3, 0.4) is 0 Å². The molecule has 0 radical (unpaired) electrons. The van der Waals surface area contributed by atoms with Crippen LogP contribution in [0.25, 0.3) is 5.65 Å². The molecule has 0 aliphatic heterocycles. The highest BCUT2D eigenvalue weighted by Gasteiger charge is 2.16. The van der Waals surface area contributed by atoms with Gasteiger partial charge < -0.3 is 14.0 Å². The van der Waals surface area contributed by atoms with Crippen molar-refractivity contribution < 1.29 is 13.9 Å². The summed E-state index contributed by atoms with van der Waals surface area (Å²) in [5, 5.41) is 0.291. The van der Waals surface area contributed by atoms with Crippen LogP contribution in [-0.4, -0.2) is 27.2 Å². The summed E-state index contributed by atoms with van der Waals surface area (Å²) in [6.07, 6.45) is 3.82. The number of nitrogens with zero attached hydrogens (tertiary/aromatic N) is 3. The first kappa shape index (κ1) is 19.9.